The zero-order chi connectivity index (χ0) is 13.2. The van der Waals surface area contributed by atoms with Gasteiger partial charge in [0.15, 0.2) is 0 Å². The first-order valence-electron chi connectivity index (χ1n) is 7.99. The third-order valence-electron chi connectivity index (χ3n) is 5.14. The van der Waals surface area contributed by atoms with E-state index in [0.29, 0.717) is 11.8 Å². The number of hydrogen-bond donors (Lipinski definition) is 1. The molecule has 2 N–H and O–H groups in total. The van der Waals surface area contributed by atoms with Crippen LogP contribution in [0, 0.1) is 11.8 Å². The Morgan fingerprint density at radius 3 is 2.38 bits per heavy atom. The number of hydrogen-bond acceptors (Lipinski definition) is 3. The molecule has 2 saturated heterocycles. The van der Waals surface area contributed by atoms with E-state index >= 15 is 0 Å². The number of carbonyl (C=O) groups excluding carboxylic acids is 1. The van der Waals surface area contributed by atoms with Gasteiger partial charge in [-0.15, -0.1) is 24.8 Å². The van der Waals surface area contributed by atoms with Crippen molar-refractivity contribution in [2.75, 3.05) is 32.7 Å². The van der Waals surface area contributed by atoms with Crippen LogP contribution in [0.25, 0.3) is 0 Å². The van der Waals surface area contributed by atoms with Crippen LogP contribution < -0.4 is 5.73 Å². The van der Waals surface area contributed by atoms with Crippen molar-refractivity contribution in [3.05, 3.63) is 0 Å². The molecular formula is C15H29Cl2N3O. The second-order valence-electron chi connectivity index (χ2n) is 6.72. The quantitative estimate of drug-likeness (QED) is 0.855. The molecular weight excluding hydrogens is 309 g/mol. The Hall–Kier alpha value is -0.0300. The number of carbonyl (C=O) groups is 1. The Morgan fingerprint density at radius 2 is 1.76 bits per heavy atom. The molecule has 3 atom stereocenters. The third-order valence-corrected chi connectivity index (χ3v) is 5.14. The van der Waals surface area contributed by atoms with Crippen molar-refractivity contribution >= 4 is 30.7 Å². The number of nitrogens with two attached hydrogens (primary N) is 1. The lowest BCUT2D eigenvalue weighted by Gasteiger charge is -2.22. The molecule has 1 saturated carbocycles. The maximum atomic E-state index is 12.4. The van der Waals surface area contributed by atoms with E-state index in [9.17, 15) is 4.79 Å². The molecule has 21 heavy (non-hydrogen) atoms. The van der Waals surface area contributed by atoms with E-state index in [0.717, 1.165) is 32.4 Å². The van der Waals surface area contributed by atoms with Gasteiger partial charge in [0, 0.05) is 31.6 Å². The molecule has 3 fully saturated rings. The molecule has 1 aliphatic carbocycles. The average Bonchev–Trinajstić information content (AvgIpc) is 3.10. The molecule has 2 aliphatic heterocycles. The molecule has 0 aromatic rings. The molecule has 0 bridgehead atoms. The summed E-state index contributed by atoms with van der Waals surface area (Å²) in [5, 5.41) is 0. The molecule has 1 amide bonds. The molecule has 3 aliphatic rings. The Labute approximate surface area is 140 Å². The van der Waals surface area contributed by atoms with Gasteiger partial charge in [0.05, 0.1) is 0 Å². The number of nitrogens with zero attached hydrogens (tertiary/aromatic N) is 2. The monoisotopic (exact) mass is 337 g/mol. The van der Waals surface area contributed by atoms with Crippen LogP contribution in [0.5, 0.6) is 0 Å². The van der Waals surface area contributed by atoms with Crippen LogP contribution in [0.15, 0.2) is 0 Å². The van der Waals surface area contributed by atoms with Crippen LogP contribution in [0.3, 0.4) is 0 Å². The minimum Gasteiger partial charge on any atom is -0.342 e. The Balaban J connectivity index is 0.00000110. The summed E-state index contributed by atoms with van der Waals surface area (Å²) in [5.41, 5.74) is 5.92. The highest BCUT2D eigenvalue weighted by molar-refractivity contribution is 5.85. The zero-order valence-corrected chi connectivity index (χ0v) is 14.3. The molecule has 2 heterocycles. The summed E-state index contributed by atoms with van der Waals surface area (Å²) < 4.78 is 0. The predicted octanol–water partition coefficient (Wildman–Crippen LogP) is 1.90. The fourth-order valence-corrected chi connectivity index (χ4v) is 4.01. The molecule has 0 aromatic heterocycles. The van der Waals surface area contributed by atoms with E-state index < -0.39 is 0 Å². The topological polar surface area (TPSA) is 49.6 Å². The summed E-state index contributed by atoms with van der Waals surface area (Å²) in [6.45, 7) is 5.70. The van der Waals surface area contributed by atoms with E-state index in [1.54, 1.807) is 0 Å². The van der Waals surface area contributed by atoms with E-state index in [1.807, 2.05) is 0 Å². The van der Waals surface area contributed by atoms with Crippen molar-refractivity contribution in [1.29, 1.82) is 0 Å². The normalized spacial score (nSPS) is 32.8. The molecule has 0 radical (unpaired) electrons. The first-order valence-corrected chi connectivity index (χ1v) is 7.99. The smallest absolute Gasteiger partial charge is 0.225 e. The first-order chi connectivity index (χ1) is 9.22. The van der Waals surface area contributed by atoms with E-state index in [4.69, 9.17) is 5.73 Å². The number of rotatable bonds is 3. The van der Waals surface area contributed by atoms with Crippen molar-refractivity contribution in [1.82, 2.24) is 9.80 Å². The van der Waals surface area contributed by atoms with Gasteiger partial charge in [0.1, 0.15) is 0 Å². The predicted molar refractivity (Wildman–Crippen MR) is 90.2 cm³/mol. The fourth-order valence-electron chi connectivity index (χ4n) is 4.01. The zero-order valence-electron chi connectivity index (χ0n) is 12.7. The van der Waals surface area contributed by atoms with Gasteiger partial charge in [0.25, 0.3) is 0 Å². The molecule has 124 valence electrons. The maximum Gasteiger partial charge on any atom is 0.225 e. The van der Waals surface area contributed by atoms with Crippen LogP contribution in [0.2, 0.25) is 0 Å². The van der Waals surface area contributed by atoms with Gasteiger partial charge in [-0.05, 0) is 57.5 Å². The minimum atomic E-state index is 0. The van der Waals surface area contributed by atoms with Gasteiger partial charge in [0.2, 0.25) is 5.91 Å². The summed E-state index contributed by atoms with van der Waals surface area (Å²) >= 11 is 0. The first kappa shape index (κ1) is 19.0. The maximum absolute atomic E-state index is 12.4. The summed E-state index contributed by atoms with van der Waals surface area (Å²) in [6, 6.07) is 0.261. The molecule has 0 aromatic carbocycles. The van der Waals surface area contributed by atoms with Crippen LogP contribution >= 0.6 is 24.8 Å². The van der Waals surface area contributed by atoms with Crippen LogP contribution in [-0.2, 0) is 4.79 Å². The number of likely N-dealkylation sites (tertiary alicyclic amines) is 2. The van der Waals surface area contributed by atoms with Crippen LogP contribution in [0.4, 0.5) is 0 Å². The lowest BCUT2D eigenvalue weighted by molar-refractivity contribution is -0.134. The summed E-state index contributed by atoms with van der Waals surface area (Å²) in [5.74, 6) is 1.31. The highest BCUT2D eigenvalue weighted by atomic mass is 35.5. The largest absolute Gasteiger partial charge is 0.342 e. The Bertz CT molecular complexity index is 337. The number of halogens is 2. The summed E-state index contributed by atoms with van der Waals surface area (Å²) in [4.78, 5) is 17.1. The summed E-state index contributed by atoms with van der Waals surface area (Å²) in [7, 11) is 0. The molecule has 3 unspecified atom stereocenters. The molecule has 3 rings (SSSR count). The molecule has 6 heteroatoms. The van der Waals surface area contributed by atoms with Crippen molar-refractivity contribution in [2.45, 2.75) is 44.6 Å². The van der Waals surface area contributed by atoms with Crippen LogP contribution in [-0.4, -0.2) is 54.5 Å². The lowest BCUT2D eigenvalue weighted by Crippen LogP contribution is -2.35. The average molecular weight is 338 g/mol. The Morgan fingerprint density at radius 1 is 1.05 bits per heavy atom. The molecule has 4 nitrogen and oxygen atoms in total. The molecule has 0 spiro atoms. The van der Waals surface area contributed by atoms with Crippen molar-refractivity contribution in [2.24, 2.45) is 17.6 Å². The van der Waals surface area contributed by atoms with Crippen molar-refractivity contribution < 1.29 is 4.79 Å². The highest BCUT2D eigenvalue weighted by Crippen LogP contribution is 2.28. The van der Waals surface area contributed by atoms with Gasteiger partial charge < -0.3 is 15.5 Å². The van der Waals surface area contributed by atoms with Crippen molar-refractivity contribution in [3.63, 3.8) is 0 Å². The van der Waals surface area contributed by atoms with Gasteiger partial charge in [-0.25, -0.2) is 0 Å². The minimum absolute atomic E-state index is 0. The van der Waals surface area contributed by atoms with Gasteiger partial charge in [-0.2, -0.15) is 0 Å². The van der Waals surface area contributed by atoms with E-state index in [2.05, 4.69) is 9.80 Å². The second kappa shape index (κ2) is 8.56. The van der Waals surface area contributed by atoms with Gasteiger partial charge in [-0.1, -0.05) is 0 Å². The third kappa shape index (κ3) is 4.72. The number of amides is 1. The van der Waals surface area contributed by atoms with E-state index in [-0.39, 0.29) is 36.8 Å². The summed E-state index contributed by atoms with van der Waals surface area (Å²) in [6.07, 6.45) is 6.85. The SMILES string of the molecule is Cl.Cl.NC1CCC(C(=O)N2CCC(CN3CCCC3)C2)C1. The standard InChI is InChI=1S/C15H27N3O.2ClH/c16-14-4-3-13(9-14)15(19)18-8-5-12(11-18)10-17-6-1-2-7-17;;/h12-14H,1-11,16H2;2*1H. The van der Waals surface area contributed by atoms with Gasteiger partial charge in [-0.3, -0.25) is 4.79 Å². The lowest BCUT2D eigenvalue weighted by atomic mass is 10.1. The second-order valence-corrected chi connectivity index (χ2v) is 6.72. The highest BCUT2D eigenvalue weighted by Gasteiger charge is 2.34. The van der Waals surface area contributed by atoms with E-state index in [1.165, 1.54) is 38.9 Å². The Kier molecular flexibility index (Phi) is 7.75. The van der Waals surface area contributed by atoms with Crippen LogP contribution in [0.1, 0.15) is 38.5 Å². The van der Waals surface area contributed by atoms with Crippen molar-refractivity contribution in [3.8, 4) is 0 Å². The van der Waals surface area contributed by atoms with Gasteiger partial charge >= 0.3 is 0 Å². The fraction of sp³-hybridized carbons (Fsp3) is 0.933.